The van der Waals surface area contributed by atoms with Crippen LogP contribution >= 0.6 is 0 Å². The predicted octanol–water partition coefficient (Wildman–Crippen LogP) is 3.69. The molecule has 5 heteroatoms. The van der Waals surface area contributed by atoms with Gasteiger partial charge in [0.2, 0.25) is 5.91 Å². The van der Waals surface area contributed by atoms with Gasteiger partial charge in [0.15, 0.2) is 0 Å². The van der Waals surface area contributed by atoms with Crippen molar-refractivity contribution in [3.8, 4) is 0 Å². The average Bonchev–Trinajstić information content (AvgIpc) is 2.81. The first-order valence-corrected chi connectivity index (χ1v) is 11.8. The molecule has 0 bridgehead atoms. The number of rotatable bonds is 6. The van der Waals surface area contributed by atoms with Gasteiger partial charge in [0.25, 0.3) is 0 Å². The molecule has 1 N–H and O–H groups in total. The molecular weight excluding hydrogens is 384 g/mol. The Bertz CT molecular complexity index is 861. The van der Waals surface area contributed by atoms with E-state index >= 15 is 0 Å². The van der Waals surface area contributed by atoms with Crippen LogP contribution in [0.2, 0.25) is 0 Å². The Kier molecular flexibility index (Phi) is 7.36. The Hall–Kier alpha value is -2.24. The summed E-state index contributed by atoms with van der Waals surface area (Å²) in [5.74, 6) is 0.285. The normalized spacial score (nSPS) is 21.2. The number of aromatic nitrogens is 1. The summed E-state index contributed by atoms with van der Waals surface area (Å²) in [5, 5.41) is 3.10. The summed E-state index contributed by atoms with van der Waals surface area (Å²) in [6.45, 7) is 10.3. The van der Waals surface area contributed by atoms with Crippen molar-refractivity contribution >= 4 is 5.91 Å². The van der Waals surface area contributed by atoms with E-state index in [1.54, 1.807) is 6.20 Å². The molecule has 0 spiro atoms. The van der Waals surface area contributed by atoms with Crippen LogP contribution in [0.15, 0.2) is 42.6 Å². The highest BCUT2D eigenvalue weighted by Crippen LogP contribution is 2.25. The maximum Gasteiger partial charge on any atom is 0.224 e. The second-order valence-corrected chi connectivity index (χ2v) is 9.31. The molecule has 0 aliphatic carbocycles. The van der Waals surface area contributed by atoms with E-state index in [1.807, 2.05) is 18.2 Å². The molecule has 1 unspecified atom stereocenters. The zero-order valence-corrected chi connectivity index (χ0v) is 19.0. The largest absolute Gasteiger partial charge is 0.350 e. The van der Waals surface area contributed by atoms with E-state index in [0.717, 1.165) is 51.3 Å². The summed E-state index contributed by atoms with van der Waals surface area (Å²) in [6, 6.07) is 13.2. The van der Waals surface area contributed by atoms with Gasteiger partial charge in [0.05, 0.1) is 18.2 Å². The summed E-state index contributed by atoms with van der Waals surface area (Å²) in [4.78, 5) is 22.2. The summed E-state index contributed by atoms with van der Waals surface area (Å²) in [6.07, 6.45) is 6.29. The standard InChI is InChI=1S/C26H36N4O/c1-20-8-9-21(2)23(16-20)18-29-14-10-25(11-15-29)30-13-5-6-22(19-30)26(31)28-17-24-7-3-4-12-27-24/h3-4,7-9,12,16,22,25H,5-6,10-11,13-15,17-19H2,1-2H3,(H,28,31). The number of hydrogen-bond donors (Lipinski definition) is 1. The Balaban J connectivity index is 1.24. The molecule has 1 amide bonds. The van der Waals surface area contributed by atoms with E-state index in [2.05, 4.69) is 52.1 Å². The summed E-state index contributed by atoms with van der Waals surface area (Å²) < 4.78 is 0. The van der Waals surface area contributed by atoms with Crippen LogP contribution in [-0.2, 0) is 17.9 Å². The number of piperidine rings is 2. The third kappa shape index (κ3) is 5.92. The van der Waals surface area contributed by atoms with Crippen LogP contribution < -0.4 is 5.32 Å². The SMILES string of the molecule is Cc1ccc(C)c(CN2CCC(N3CCCC(C(=O)NCc4ccccn4)C3)CC2)c1. The fourth-order valence-electron chi connectivity index (χ4n) is 5.03. The van der Waals surface area contributed by atoms with Crippen molar-refractivity contribution in [2.75, 3.05) is 26.2 Å². The van der Waals surface area contributed by atoms with Gasteiger partial charge >= 0.3 is 0 Å². The highest BCUT2D eigenvalue weighted by atomic mass is 16.1. The minimum atomic E-state index is 0.102. The van der Waals surface area contributed by atoms with E-state index in [-0.39, 0.29) is 11.8 Å². The fourth-order valence-corrected chi connectivity index (χ4v) is 5.03. The number of nitrogens with one attached hydrogen (secondary N) is 1. The van der Waals surface area contributed by atoms with Gasteiger partial charge in [-0.15, -0.1) is 0 Å². The van der Waals surface area contributed by atoms with Crippen molar-refractivity contribution < 1.29 is 4.79 Å². The van der Waals surface area contributed by atoms with Crippen molar-refractivity contribution in [3.05, 3.63) is 65.0 Å². The molecule has 2 saturated heterocycles. The number of amides is 1. The molecule has 4 rings (SSSR count). The molecule has 3 heterocycles. The van der Waals surface area contributed by atoms with Gasteiger partial charge in [-0.05, 0) is 82.4 Å². The van der Waals surface area contributed by atoms with Crippen molar-refractivity contribution in [3.63, 3.8) is 0 Å². The van der Waals surface area contributed by atoms with Crippen molar-refractivity contribution in [1.29, 1.82) is 0 Å². The third-order valence-corrected chi connectivity index (χ3v) is 6.97. The molecule has 2 fully saturated rings. The maximum atomic E-state index is 12.7. The first-order chi connectivity index (χ1) is 15.1. The van der Waals surface area contributed by atoms with Crippen LogP contribution in [0, 0.1) is 19.8 Å². The highest BCUT2D eigenvalue weighted by Gasteiger charge is 2.31. The van der Waals surface area contributed by atoms with Crippen molar-refractivity contribution in [1.82, 2.24) is 20.1 Å². The summed E-state index contributed by atoms with van der Waals surface area (Å²) >= 11 is 0. The minimum absolute atomic E-state index is 0.102. The third-order valence-electron chi connectivity index (χ3n) is 6.97. The molecule has 0 saturated carbocycles. The lowest BCUT2D eigenvalue weighted by Gasteiger charge is -2.42. The van der Waals surface area contributed by atoms with E-state index in [1.165, 1.54) is 29.5 Å². The number of benzene rings is 1. The van der Waals surface area contributed by atoms with Gasteiger partial charge in [-0.3, -0.25) is 19.6 Å². The number of pyridine rings is 1. The average molecular weight is 421 g/mol. The van der Waals surface area contributed by atoms with Gasteiger partial charge in [-0.25, -0.2) is 0 Å². The predicted molar refractivity (Wildman–Crippen MR) is 125 cm³/mol. The Morgan fingerprint density at radius 1 is 1.10 bits per heavy atom. The number of aryl methyl sites for hydroxylation is 2. The number of hydrogen-bond acceptors (Lipinski definition) is 4. The summed E-state index contributed by atoms with van der Waals surface area (Å²) in [7, 11) is 0. The molecule has 1 aromatic heterocycles. The number of carbonyl (C=O) groups excluding carboxylic acids is 1. The molecular formula is C26H36N4O. The second-order valence-electron chi connectivity index (χ2n) is 9.31. The smallest absolute Gasteiger partial charge is 0.224 e. The van der Waals surface area contributed by atoms with Gasteiger partial charge in [-0.2, -0.15) is 0 Å². The van der Waals surface area contributed by atoms with Gasteiger partial charge in [0, 0.05) is 25.3 Å². The topological polar surface area (TPSA) is 48.5 Å². The molecule has 2 aliphatic rings. The van der Waals surface area contributed by atoms with E-state index in [4.69, 9.17) is 0 Å². The number of likely N-dealkylation sites (tertiary alicyclic amines) is 2. The van der Waals surface area contributed by atoms with Crippen LogP contribution in [0.25, 0.3) is 0 Å². The van der Waals surface area contributed by atoms with Crippen LogP contribution in [-0.4, -0.2) is 52.9 Å². The second kappa shape index (κ2) is 10.4. The van der Waals surface area contributed by atoms with Crippen LogP contribution in [0.1, 0.15) is 48.1 Å². The lowest BCUT2D eigenvalue weighted by atomic mass is 9.93. The highest BCUT2D eigenvalue weighted by molar-refractivity contribution is 5.78. The minimum Gasteiger partial charge on any atom is -0.350 e. The Morgan fingerprint density at radius 3 is 2.71 bits per heavy atom. The zero-order valence-electron chi connectivity index (χ0n) is 19.0. The van der Waals surface area contributed by atoms with Gasteiger partial charge < -0.3 is 5.32 Å². The quantitative estimate of drug-likeness (QED) is 0.774. The van der Waals surface area contributed by atoms with Crippen LogP contribution in [0.5, 0.6) is 0 Å². The monoisotopic (exact) mass is 420 g/mol. The molecule has 0 radical (unpaired) electrons. The fraction of sp³-hybridized carbons (Fsp3) is 0.538. The van der Waals surface area contributed by atoms with E-state index in [9.17, 15) is 4.79 Å². The molecule has 1 atom stereocenters. The zero-order chi connectivity index (χ0) is 21.6. The number of carbonyl (C=O) groups is 1. The van der Waals surface area contributed by atoms with Crippen molar-refractivity contribution in [2.24, 2.45) is 5.92 Å². The van der Waals surface area contributed by atoms with E-state index < -0.39 is 0 Å². The lowest BCUT2D eigenvalue weighted by molar-refractivity contribution is -0.127. The Labute approximate surface area is 186 Å². The van der Waals surface area contributed by atoms with Crippen molar-refractivity contribution in [2.45, 2.75) is 58.7 Å². The molecule has 5 nitrogen and oxygen atoms in total. The molecule has 2 aliphatic heterocycles. The van der Waals surface area contributed by atoms with Gasteiger partial charge in [-0.1, -0.05) is 29.8 Å². The first-order valence-electron chi connectivity index (χ1n) is 11.8. The van der Waals surface area contributed by atoms with Gasteiger partial charge in [0.1, 0.15) is 0 Å². The maximum absolute atomic E-state index is 12.7. The molecule has 1 aromatic carbocycles. The molecule has 166 valence electrons. The summed E-state index contributed by atoms with van der Waals surface area (Å²) in [5.41, 5.74) is 5.11. The lowest BCUT2D eigenvalue weighted by Crippen LogP contribution is -2.50. The first kappa shape index (κ1) is 22.0. The molecule has 31 heavy (non-hydrogen) atoms. The Morgan fingerprint density at radius 2 is 1.94 bits per heavy atom. The van der Waals surface area contributed by atoms with Crippen LogP contribution in [0.4, 0.5) is 0 Å². The van der Waals surface area contributed by atoms with Crippen LogP contribution in [0.3, 0.4) is 0 Å². The molecule has 2 aromatic rings. The van der Waals surface area contributed by atoms with E-state index in [0.29, 0.717) is 12.6 Å². The number of nitrogens with zero attached hydrogens (tertiary/aromatic N) is 3.